The summed E-state index contributed by atoms with van der Waals surface area (Å²) in [6.45, 7) is 0.0616. The fourth-order valence-corrected chi connectivity index (χ4v) is 2.30. The van der Waals surface area contributed by atoms with Crippen LogP contribution in [0.4, 0.5) is 10.1 Å². The molecular weight excluding hydrogens is 387 g/mol. The van der Waals surface area contributed by atoms with Gasteiger partial charge in [-0.25, -0.2) is 4.39 Å². The van der Waals surface area contributed by atoms with Crippen molar-refractivity contribution in [3.63, 3.8) is 0 Å². The molecule has 0 aliphatic rings. The van der Waals surface area contributed by atoms with Crippen LogP contribution >= 0.6 is 15.9 Å². The summed E-state index contributed by atoms with van der Waals surface area (Å²) in [5.41, 5.74) is 0.772. The number of amides is 1. The van der Waals surface area contributed by atoms with Crippen molar-refractivity contribution in [1.82, 2.24) is 0 Å². The van der Waals surface area contributed by atoms with E-state index in [1.165, 1.54) is 30.3 Å². The lowest BCUT2D eigenvalue weighted by molar-refractivity contribution is -0.112. The van der Waals surface area contributed by atoms with E-state index >= 15 is 0 Å². The number of rotatable bonds is 5. The number of hydrogen-bond acceptors (Lipinski definition) is 3. The van der Waals surface area contributed by atoms with Crippen molar-refractivity contribution >= 4 is 33.6 Å². The Morgan fingerprint density at radius 1 is 1.32 bits per heavy atom. The fraction of sp³-hybridized carbons (Fsp3) is 0.0526. The van der Waals surface area contributed by atoms with E-state index in [2.05, 4.69) is 27.2 Å². The minimum absolute atomic E-state index is 0.0616. The van der Waals surface area contributed by atoms with Gasteiger partial charge in [0.05, 0.1) is 0 Å². The van der Waals surface area contributed by atoms with Gasteiger partial charge in [0, 0.05) is 15.7 Å². The number of nitrogens with one attached hydrogen (secondary N) is 1. The Kier molecular flexibility index (Phi) is 6.33. The number of nitriles is 1. The average molecular weight is 399 g/mol. The molecule has 0 aliphatic heterocycles. The molecule has 0 aliphatic carbocycles. The first-order valence-electron chi connectivity index (χ1n) is 7.08. The second kappa shape index (κ2) is 8.68. The Balaban J connectivity index is 2.29. The summed E-state index contributed by atoms with van der Waals surface area (Å²) >= 11 is 3.33. The van der Waals surface area contributed by atoms with Gasteiger partial charge in [-0.15, -0.1) is 6.42 Å². The van der Waals surface area contributed by atoms with Crippen molar-refractivity contribution in [2.75, 3.05) is 11.9 Å². The highest BCUT2D eigenvalue weighted by Gasteiger charge is 2.12. The molecule has 2 aromatic carbocycles. The Morgan fingerprint density at radius 3 is 2.68 bits per heavy atom. The van der Waals surface area contributed by atoms with Crippen LogP contribution in [-0.4, -0.2) is 12.5 Å². The van der Waals surface area contributed by atoms with E-state index in [0.29, 0.717) is 17.0 Å². The molecule has 6 heteroatoms. The number of anilines is 1. The number of nitrogens with zero attached hydrogens (tertiary/aromatic N) is 1. The molecule has 2 rings (SSSR count). The van der Waals surface area contributed by atoms with Gasteiger partial charge in [0.25, 0.3) is 5.91 Å². The van der Waals surface area contributed by atoms with Crippen molar-refractivity contribution in [1.29, 1.82) is 5.26 Å². The number of hydrogen-bond donors (Lipinski definition) is 1. The van der Waals surface area contributed by atoms with Gasteiger partial charge in [-0.05, 0) is 48.5 Å². The fourth-order valence-electron chi connectivity index (χ4n) is 1.92. The predicted octanol–water partition coefficient (Wildman–Crippen LogP) is 4.15. The van der Waals surface area contributed by atoms with Crippen LogP contribution in [0.25, 0.3) is 6.08 Å². The molecule has 0 saturated heterocycles. The minimum atomic E-state index is -0.614. The Morgan fingerprint density at radius 2 is 2.04 bits per heavy atom. The van der Waals surface area contributed by atoms with Crippen LogP contribution in [-0.2, 0) is 4.79 Å². The van der Waals surface area contributed by atoms with Crippen molar-refractivity contribution in [3.05, 3.63) is 63.9 Å². The van der Waals surface area contributed by atoms with Crippen molar-refractivity contribution in [2.45, 2.75) is 0 Å². The quantitative estimate of drug-likeness (QED) is 0.467. The number of ether oxygens (including phenoxy) is 1. The molecule has 0 bridgehead atoms. The molecule has 1 N–H and O–H groups in total. The SMILES string of the molecule is C#CCOc1ccc(Br)cc1/C=C(\C#N)C(=O)Nc1ccc(F)cc1. The zero-order valence-corrected chi connectivity index (χ0v) is 14.5. The molecule has 124 valence electrons. The zero-order valence-electron chi connectivity index (χ0n) is 12.9. The maximum absolute atomic E-state index is 12.9. The third kappa shape index (κ3) is 5.20. The van der Waals surface area contributed by atoms with Gasteiger partial charge >= 0.3 is 0 Å². The second-order valence-electron chi connectivity index (χ2n) is 4.81. The van der Waals surface area contributed by atoms with Crippen molar-refractivity contribution < 1.29 is 13.9 Å². The minimum Gasteiger partial charge on any atom is -0.480 e. The number of terminal acetylenes is 1. The topological polar surface area (TPSA) is 62.1 Å². The number of halogens is 2. The maximum atomic E-state index is 12.9. The lowest BCUT2D eigenvalue weighted by atomic mass is 10.1. The van der Waals surface area contributed by atoms with Gasteiger partial charge in [-0.3, -0.25) is 4.79 Å². The molecule has 0 atom stereocenters. The first kappa shape index (κ1) is 18.3. The van der Waals surface area contributed by atoms with Gasteiger partial charge < -0.3 is 10.1 Å². The molecule has 0 heterocycles. The van der Waals surface area contributed by atoms with Gasteiger partial charge in [-0.1, -0.05) is 21.9 Å². The van der Waals surface area contributed by atoms with Gasteiger partial charge in [0.2, 0.25) is 0 Å². The molecular formula is C19H12BrFN2O2. The number of carbonyl (C=O) groups is 1. The summed E-state index contributed by atoms with van der Waals surface area (Å²) in [6, 6.07) is 12.2. The van der Waals surface area contributed by atoms with Crippen LogP contribution in [0.2, 0.25) is 0 Å². The normalized spacial score (nSPS) is 10.5. The van der Waals surface area contributed by atoms with Crippen LogP contribution < -0.4 is 10.1 Å². The van der Waals surface area contributed by atoms with E-state index in [-0.39, 0.29) is 12.2 Å². The average Bonchev–Trinajstić information content (AvgIpc) is 2.60. The smallest absolute Gasteiger partial charge is 0.266 e. The van der Waals surface area contributed by atoms with E-state index < -0.39 is 11.7 Å². The number of benzene rings is 2. The third-order valence-electron chi connectivity index (χ3n) is 3.05. The molecule has 0 aromatic heterocycles. The van der Waals surface area contributed by atoms with Crippen LogP contribution in [0.15, 0.2) is 52.5 Å². The van der Waals surface area contributed by atoms with E-state index in [4.69, 9.17) is 11.2 Å². The van der Waals surface area contributed by atoms with Crippen LogP contribution in [0.3, 0.4) is 0 Å². The molecule has 4 nitrogen and oxygen atoms in total. The van der Waals surface area contributed by atoms with Gasteiger partial charge in [0.15, 0.2) is 0 Å². The second-order valence-corrected chi connectivity index (χ2v) is 5.72. The van der Waals surface area contributed by atoms with Crippen molar-refractivity contribution in [3.8, 4) is 24.2 Å². The molecule has 0 fully saturated rings. The largest absolute Gasteiger partial charge is 0.480 e. The predicted molar refractivity (Wildman–Crippen MR) is 97.1 cm³/mol. The van der Waals surface area contributed by atoms with E-state index in [9.17, 15) is 14.4 Å². The highest BCUT2D eigenvalue weighted by molar-refractivity contribution is 9.10. The molecule has 0 radical (unpaired) electrons. The van der Waals surface area contributed by atoms with Gasteiger partial charge in [-0.2, -0.15) is 5.26 Å². The van der Waals surface area contributed by atoms with Crippen LogP contribution in [0.5, 0.6) is 5.75 Å². The summed E-state index contributed by atoms with van der Waals surface area (Å²) in [5.74, 6) is 1.77. The lowest BCUT2D eigenvalue weighted by Crippen LogP contribution is -2.13. The van der Waals surface area contributed by atoms with E-state index in [0.717, 1.165) is 4.47 Å². The molecule has 25 heavy (non-hydrogen) atoms. The number of carbonyl (C=O) groups excluding carboxylic acids is 1. The van der Waals surface area contributed by atoms with Crippen LogP contribution in [0, 0.1) is 29.5 Å². The molecule has 0 spiro atoms. The Labute approximate surface area is 153 Å². The highest BCUT2D eigenvalue weighted by atomic mass is 79.9. The Bertz CT molecular complexity index is 893. The summed E-state index contributed by atoms with van der Waals surface area (Å²) in [5, 5.41) is 11.8. The van der Waals surface area contributed by atoms with E-state index in [1.54, 1.807) is 18.2 Å². The summed E-state index contributed by atoms with van der Waals surface area (Å²) in [6.07, 6.45) is 6.58. The first-order valence-corrected chi connectivity index (χ1v) is 7.87. The molecule has 2 aromatic rings. The zero-order chi connectivity index (χ0) is 18.2. The Hall–Kier alpha value is -3.09. The lowest BCUT2D eigenvalue weighted by Gasteiger charge is -2.08. The van der Waals surface area contributed by atoms with Crippen LogP contribution in [0.1, 0.15) is 5.56 Å². The highest BCUT2D eigenvalue weighted by Crippen LogP contribution is 2.26. The molecule has 1 amide bonds. The van der Waals surface area contributed by atoms with E-state index in [1.807, 2.05) is 6.07 Å². The summed E-state index contributed by atoms with van der Waals surface area (Å²) in [7, 11) is 0. The molecule has 0 unspecified atom stereocenters. The summed E-state index contributed by atoms with van der Waals surface area (Å²) in [4.78, 5) is 12.3. The third-order valence-corrected chi connectivity index (χ3v) is 3.54. The summed E-state index contributed by atoms with van der Waals surface area (Å²) < 4.78 is 19.1. The maximum Gasteiger partial charge on any atom is 0.266 e. The molecule has 0 saturated carbocycles. The first-order chi connectivity index (χ1) is 12.0. The van der Waals surface area contributed by atoms with Crippen molar-refractivity contribution in [2.24, 2.45) is 0 Å². The standard InChI is InChI=1S/C19H12BrFN2O2/c1-2-9-25-18-8-3-15(20)11-13(18)10-14(12-22)19(24)23-17-6-4-16(21)5-7-17/h1,3-8,10-11H,9H2,(H,23,24)/b14-10+. The van der Waals surface area contributed by atoms with Gasteiger partial charge in [0.1, 0.15) is 29.8 Å². The monoisotopic (exact) mass is 398 g/mol.